The van der Waals surface area contributed by atoms with E-state index in [9.17, 15) is 18.3 Å². The maximum Gasteiger partial charge on any atom is 0.407 e. The molecule has 1 aliphatic heterocycles. The van der Waals surface area contributed by atoms with E-state index in [1.54, 1.807) is 36.1 Å². The molecule has 2 aromatic carbocycles. The molecule has 186 valence electrons. The molecule has 12 heteroatoms. The molecule has 1 fully saturated rings. The molecule has 2 aromatic heterocycles. The van der Waals surface area contributed by atoms with Gasteiger partial charge in [0.15, 0.2) is 5.82 Å². The number of fused-ring (bicyclic) bond motifs is 2. The molecule has 1 atom stereocenters. The van der Waals surface area contributed by atoms with Gasteiger partial charge in [0.1, 0.15) is 17.0 Å². The van der Waals surface area contributed by atoms with Crippen LogP contribution in [0.4, 0.5) is 15.0 Å². The molecule has 5 rings (SSSR count). The number of amides is 1. The molecule has 0 bridgehead atoms. The van der Waals surface area contributed by atoms with Crippen molar-refractivity contribution in [2.75, 3.05) is 30.8 Å². The number of hydrogen-bond donors (Lipinski definition) is 1. The fraction of sp³-hybridized carbons (Fsp3) is 0.250. The lowest BCUT2D eigenvalue weighted by Crippen LogP contribution is -2.53. The number of carbonyl (C=O) groups is 1. The lowest BCUT2D eigenvalue weighted by atomic mass is 10.0. The molecular weight excluding hydrogens is 509 g/mol. The smallest absolute Gasteiger partial charge is 0.407 e. The average Bonchev–Trinajstić information content (AvgIpc) is 2.83. The number of anilines is 1. The highest BCUT2D eigenvalue weighted by Crippen LogP contribution is 2.37. The van der Waals surface area contributed by atoms with Crippen LogP contribution in [0.5, 0.6) is 0 Å². The van der Waals surface area contributed by atoms with Crippen molar-refractivity contribution in [1.82, 2.24) is 19.9 Å². The van der Waals surface area contributed by atoms with E-state index < -0.39 is 26.9 Å². The molecule has 0 saturated carbocycles. The van der Waals surface area contributed by atoms with Crippen LogP contribution in [0.15, 0.2) is 47.8 Å². The fourth-order valence-corrected chi connectivity index (χ4v) is 5.33. The molecule has 36 heavy (non-hydrogen) atoms. The van der Waals surface area contributed by atoms with Crippen molar-refractivity contribution in [3.63, 3.8) is 0 Å². The van der Waals surface area contributed by atoms with Gasteiger partial charge in [0.2, 0.25) is 15.0 Å². The summed E-state index contributed by atoms with van der Waals surface area (Å²) in [5.74, 6) is -0.614. The molecule has 9 nitrogen and oxygen atoms in total. The van der Waals surface area contributed by atoms with Gasteiger partial charge in [-0.3, -0.25) is 4.98 Å². The molecule has 1 unspecified atom stereocenters. The summed E-state index contributed by atoms with van der Waals surface area (Å²) < 4.78 is 41.0. The van der Waals surface area contributed by atoms with Gasteiger partial charge < -0.3 is 14.9 Å². The normalized spacial score (nSPS) is 16.6. The first-order valence-electron chi connectivity index (χ1n) is 11.0. The monoisotopic (exact) mass is 529 g/mol. The van der Waals surface area contributed by atoms with E-state index in [0.29, 0.717) is 16.0 Å². The molecule has 0 radical (unpaired) electrons. The highest BCUT2D eigenvalue weighted by Gasteiger charge is 2.31. The lowest BCUT2D eigenvalue weighted by molar-refractivity contribution is 0.136. The molecule has 0 spiro atoms. The average molecular weight is 530 g/mol. The third-order valence-corrected chi connectivity index (χ3v) is 7.42. The van der Waals surface area contributed by atoms with Gasteiger partial charge in [-0.2, -0.15) is 0 Å². The minimum atomic E-state index is -3.89. The van der Waals surface area contributed by atoms with E-state index in [-0.39, 0.29) is 48.1 Å². The van der Waals surface area contributed by atoms with Crippen molar-refractivity contribution >= 4 is 55.0 Å². The first kappa shape index (κ1) is 24.1. The van der Waals surface area contributed by atoms with Gasteiger partial charge in [-0.05, 0) is 18.4 Å². The van der Waals surface area contributed by atoms with Crippen molar-refractivity contribution < 1.29 is 22.7 Å². The Kier molecular flexibility index (Phi) is 5.92. The number of aromatic nitrogens is 3. The Labute approximate surface area is 211 Å². The molecule has 1 N–H and O–H groups in total. The minimum Gasteiger partial charge on any atom is -0.465 e. The van der Waals surface area contributed by atoms with E-state index >= 15 is 4.39 Å². The summed E-state index contributed by atoms with van der Waals surface area (Å²) in [5.41, 5.74) is 0.235. The SMILES string of the molecule is CC1CN(C(=O)O)CCN1c1nc(S(C)(=O)=O)nc2c(F)c(-c3cccc4cccc(Cl)c34)ncc12. The Morgan fingerprint density at radius 2 is 1.89 bits per heavy atom. The lowest BCUT2D eigenvalue weighted by Gasteiger charge is -2.39. The van der Waals surface area contributed by atoms with Crippen LogP contribution in [0.25, 0.3) is 32.9 Å². The zero-order valence-electron chi connectivity index (χ0n) is 19.3. The van der Waals surface area contributed by atoms with E-state index in [0.717, 1.165) is 11.6 Å². The number of pyridine rings is 1. The minimum absolute atomic E-state index is 0.0194. The third kappa shape index (κ3) is 4.07. The highest BCUT2D eigenvalue weighted by atomic mass is 35.5. The van der Waals surface area contributed by atoms with Crippen molar-refractivity contribution in [2.24, 2.45) is 0 Å². The number of nitrogens with zero attached hydrogens (tertiary/aromatic N) is 5. The van der Waals surface area contributed by atoms with Crippen LogP contribution in [0.1, 0.15) is 6.92 Å². The maximum atomic E-state index is 16.1. The summed E-state index contributed by atoms with van der Waals surface area (Å²) in [6.45, 7) is 2.39. The second-order valence-electron chi connectivity index (χ2n) is 8.70. The molecule has 1 saturated heterocycles. The Morgan fingerprint density at radius 1 is 1.17 bits per heavy atom. The third-order valence-electron chi connectivity index (χ3n) is 6.25. The van der Waals surface area contributed by atoms with E-state index in [1.807, 2.05) is 12.1 Å². The summed E-state index contributed by atoms with van der Waals surface area (Å²) >= 11 is 6.44. The van der Waals surface area contributed by atoms with Gasteiger partial charge in [-0.25, -0.2) is 27.6 Å². The highest BCUT2D eigenvalue weighted by molar-refractivity contribution is 7.90. The zero-order chi connectivity index (χ0) is 25.8. The molecule has 1 aliphatic rings. The first-order valence-corrected chi connectivity index (χ1v) is 13.3. The van der Waals surface area contributed by atoms with Crippen LogP contribution >= 0.6 is 11.6 Å². The van der Waals surface area contributed by atoms with Crippen molar-refractivity contribution in [3.05, 3.63) is 53.4 Å². The Morgan fingerprint density at radius 3 is 2.56 bits per heavy atom. The van der Waals surface area contributed by atoms with Crippen LogP contribution in [-0.4, -0.2) is 71.4 Å². The Hall–Kier alpha value is -3.57. The van der Waals surface area contributed by atoms with Gasteiger partial charge in [-0.15, -0.1) is 0 Å². The Bertz CT molecular complexity index is 1640. The van der Waals surface area contributed by atoms with Crippen LogP contribution in [0.3, 0.4) is 0 Å². The predicted octanol–water partition coefficient (Wildman–Crippen LogP) is 4.23. The second kappa shape index (κ2) is 8.82. The van der Waals surface area contributed by atoms with E-state index in [2.05, 4.69) is 15.0 Å². The maximum absolute atomic E-state index is 16.1. The standard InChI is InChI=1S/C24H21ClFN5O4S/c1-13-12-30(24(32)33)9-10-31(13)22-16-11-27-20(19(26)21(16)28-23(29-22)36(2,34)35)15-7-3-5-14-6-4-8-17(25)18(14)15/h3-8,11,13H,9-10,12H2,1-2H3,(H,32,33). The molecule has 4 aromatic rings. The first-order chi connectivity index (χ1) is 17.1. The van der Waals surface area contributed by atoms with Crippen LogP contribution in [0, 0.1) is 5.82 Å². The van der Waals surface area contributed by atoms with Gasteiger partial charge in [0, 0.05) is 54.1 Å². The van der Waals surface area contributed by atoms with Gasteiger partial charge in [0.05, 0.1) is 5.39 Å². The van der Waals surface area contributed by atoms with Gasteiger partial charge >= 0.3 is 6.09 Å². The number of rotatable bonds is 3. The summed E-state index contributed by atoms with van der Waals surface area (Å²) in [7, 11) is -3.89. The fourth-order valence-electron chi connectivity index (χ4n) is 4.53. The zero-order valence-corrected chi connectivity index (χ0v) is 20.9. The van der Waals surface area contributed by atoms with Crippen LogP contribution in [0.2, 0.25) is 5.02 Å². The van der Waals surface area contributed by atoms with Gasteiger partial charge in [-0.1, -0.05) is 41.9 Å². The van der Waals surface area contributed by atoms with Crippen molar-refractivity contribution in [1.29, 1.82) is 0 Å². The second-order valence-corrected chi connectivity index (χ2v) is 11.0. The van der Waals surface area contributed by atoms with Crippen molar-refractivity contribution in [2.45, 2.75) is 18.1 Å². The molecule has 1 amide bonds. The number of hydrogen-bond acceptors (Lipinski definition) is 7. The summed E-state index contributed by atoms with van der Waals surface area (Å²) in [6.07, 6.45) is 1.33. The van der Waals surface area contributed by atoms with E-state index in [4.69, 9.17) is 11.6 Å². The molecular formula is C24H21ClFN5O4S. The number of piperazine rings is 1. The predicted molar refractivity (Wildman–Crippen MR) is 135 cm³/mol. The van der Waals surface area contributed by atoms with Crippen LogP contribution < -0.4 is 4.90 Å². The Balaban J connectivity index is 1.74. The largest absolute Gasteiger partial charge is 0.465 e. The van der Waals surface area contributed by atoms with Crippen molar-refractivity contribution in [3.8, 4) is 11.3 Å². The molecule has 0 aliphatic carbocycles. The summed E-state index contributed by atoms with van der Waals surface area (Å²) in [4.78, 5) is 27.2. The quantitative estimate of drug-likeness (QED) is 0.392. The number of halogens is 2. The summed E-state index contributed by atoms with van der Waals surface area (Å²) in [6, 6.07) is 10.3. The summed E-state index contributed by atoms with van der Waals surface area (Å²) in [5, 5.41) is 10.9. The number of sulfone groups is 1. The topological polar surface area (TPSA) is 117 Å². The van der Waals surface area contributed by atoms with Crippen LogP contribution in [-0.2, 0) is 9.84 Å². The number of carboxylic acid groups (broad SMARTS) is 1. The molecule has 3 heterocycles. The van der Waals surface area contributed by atoms with E-state index in [1.165, 1.54) is 11.1 Å². The number of benzene rings is 2. The van der Waals surface area contributed by atoms with Gasteiger partial charge in [0.25, 0.3) is 0 Å².